The molecule has 0 spiro atoms. The van der Waals surface area contributed by atoms with Gasteiger partial charge in [-0.05, 0) is 6.42 Å². The standard InChI is InChI=1S/C8H16N2O2/c1-3-5-10(8(2)12)6-4-9-7-11/h7H,3-6H2,1-2H3,(H,9,11). The average molecular weight is 172 g/mol. The minimum absolute atomic E-state index is 0.0598. The van der Waals surface area contributed by atoms with Gasteiger partial charge in [0.05, 0.1) is 0 Å². The molecule has 0 aliphatic heterocycles. The van der Waals surface area contributed by atoms with Gasteiger partial charge in [-0.25, -0.2) is 0 Å². The molecule has 0 aromatic carbocycles. The molecule has 0 bridgehead atoms. The van der Waals surface area contributed by atoms with Crippen molar-refractivity contribution in [3.63, 3.8) is 0 Å². The molecule has 1 N–H and O–H groups in total. The Labute approximate surface area is 72.9 Å². The first-order valence-corrected chi connectivity index (χ1v) is 4.15. The van der Waals surface area contributed by atoms with Gasteiger partial charge in [0, 0.05) is 26.6 Å². The first kappa shape index (κ1) is 10.9. The molecular formula is C8H16N2O2. The lowest BCUT2D eigenvalue weighted by molar-refractivity contribution is -0.129. The third-order valence-corrected chi connectivity index (χ3v) is 1.55. The molecule has 0 heterocycles. The van der Waals surface area contributed by atoms with Crippen LogP contribution in [0.15, 0.2) is 0 Å². The second-order valence-corrected chi connectivity index (χ2v) is 2.58. The highest BCUT2D eigenvalue weighted by atomic mass is 16.2. The average Bonchev–Trinajstić information content (AvgIpc) is 2.03. The maximum Gasteiger partial charge on any atom is 0.219 e. The molecule has 4 nitrogen and oxygen atoms in total. The van der Waals surface area contributed by atoms with Gasteiger partial charge in [-0.15, -0.1) is 0 Å². The van der Waals surface area contributed by atoms with Crippen molar-refractivity contribution in [2.75, 3.05) is 19.6 Å². The first-order valence-electron chi connectivity index (χ1n) is 4.15. The summed E-state index contributed by atoms with van der Waals surface area (Å²) in [6.07, 6.45) is 1.59. The van der Waals surface area contributed by atoms with E-state index in [2.05, 4.69) is 5.32 Å². The zero-order chi connectivity index (χ0) is 9.40. The van der Waals surface area contributed by atoms with E-state index in [0.717, 1.165) is 13.0 Å². The van der Waals surface area contributed by atoms with Crippen LogP contribution in [0.4, 0.5) is 0 Å². The molecule has 0 radical (unpaired) electrons. The van der Waals surface area contributed by atoms with Gasteiger partial charge in [0.15, 0.2) is 0 Å². The van der Waals surface area contributed by atoms with Crippen molar-refractivity contribution in [3.8, 4) is 0 Å². The summed E-state index contributed by atoms with van der Waals surface area (Å²) in [5.74, 6) is 0.0598. The Bertz CT molecular complexity index is 148. The predicted molar refractivity (Wildman–Crippen MR) is 46.6 cm³/mol. The molecular weight excluding hydrogens is 156 g/mol. The number of hydrogen-bond donors (Lipinski definition) is 1. The first-order chi connectivity index (χ1) is 5.72. The SMILES string of the molecule is CCCN(CCNC=O)C(C)=O. The molecule has 0 aliphatic carbocycles. The zero-order valence-electron chi connectivity index (χ0n) is 7.67. The predicted octanol–water partition coefficient (Wildman–Crippen LogP) is -0.00910. The molecule has 0 aromatic heterocycles. The van der Waals surface area contributed by atoms with Crippen LogP contribution in [0.1, 0.15) is 20.3 Å². The molecule has 0 saturated heterocycles. The summed E-state index contributed by atoms with van der Waals surface area (Å²) in [4.78, 5) is 22.6. The fraction of sp³-hybridized carbons (Fsp3) is 0.750. The van der Waals surface area contributed by atoms with Crippen LogP contribution < -0.4 is 5.32 Å². The van der Waals surface area contributed by atoms with Crippen molar-refractivity contribution in [1.82, 2.24) is 10.2 Å². The van der Waals surface area contributed by atoms with E-state index < -0.39 is 0 Å². The van der Waals surface area contributed by atoms with Gasteiger partial charge in [-0.1, -0.05) is 6.92 Å². The van der Waals surface area contributed by atoms with E-state index >= 15 is 0 Å². The van der Waals surface area contributed by atoms with Crippen LogP contribution in [-0.2, 0) is 9.59 Å². The molecule has 0 aromatic rings. The maximum absolute atomic E-state index is 10.9. The highest BCUT2D eigenvalue weighted by Crippen LogP contribution is 1.90. The van der Waals surface area contributed by atoms with Gasteiger partial charge in [-0.3, -0.25) is 9.59 Å². The fourth-order valence-electron chi connectivity index (χ4n) is 0.955. The van der Waals surface area contributed by atoms with Crippen molar-refractivity contribution in [1.29, 1.82) is 0 Å². The van der Waals surface area contributed by atoms with E-state index in [1.54, 1.807) is 4.90 Å². The number of hydrogen-bond acceptors (Lipinski definition) is 2. The van der Waals surface area contributed by atoms with Crippen LogP contribution >= 0.6 is 0 Å². The van der Waals surface area contributed by atoms with Crippen molar-refractivity contribution in [2.45, 2.75) is 20.3 Å². The van der Waals surface area contributed by atoms with E-state index in [0.29, 0.717) is 19.5 Å². The van der Waals surface area contributed by atoms with Crippen LogP contribution in [0, 0.1) is 0 Å². The maximum atomic E-state index is 10.9. The second kappa shape index (κ2) is 6.64. The zero-order valence-corrected chi connectivity index (χ0v) is 7.67. The lowest BCUT2D eigenvalue weighted by atomic mass is 10.4. The van der Waals surface area contributed by atoms with Crippen molar-refractivity contribution in [2.24, 2.45) is 0 Å². The fourth-order valence-corrected chi connectivity index (χ4v) is 0.955. The lowest BCUT2D eigenvalue weighted by Gasteiger charge is -2.19. The number of carbonyl (C=O) groups is 2. The van der Waals surface area contributed by atoms with Gasteiger partial charge in [0.1, 0.15) is 0 Å². The van der Waals surface area contributed by atoms with Crippen molar-refractivity contribution in [3.05, 3.63) is 0 Å². The van der Waals surface area contributed by atoms with Crippen LogP contribution in [0.3, 0.4) is 0 Å². The third-order valence-electron chi connectivity index (χ3n) is 1.55. The number of amides is 2. The van der Waals surface area contributed by atoms with Gasteiger partial charge in [-0.2, -0.15) is 0 Å². The molecule has 0 aliphatic rings. The Kier molecular flexibility index (Phi) is 6.05. The molecule has 0 atom stereocenters. The van der Waals surface area contributed by atoms with Gasteiger partial charge in [0.25, 0.3) is 0 Å². The summed E-state index contributed by atoms with van der Waals surface area (Å²) in [5.41, 5.74) is 0. The number of rotatable bonds is 6. The van der Waals surface area contributed by atoms with E-state index in [1.807, 2.05) is 6.92 Å². The van der Waals surface area contributed by atoms with E-state index in [9.17, 15) is 9.59 Å². The molecule has 4 heteroatoms. The van der Waals surface area contributed by atoms with Crippen LogP contribution in [0.5, 0.6) is 0 Å². The molecule has 70 valence electrons. The van der Waals surface area contributed by atoms with Crippen LogP contribution in [0.25, 0.3) is 0 Å². The second-order valence-electron chi connectivity index (χ2n) is 2.58. The quantitative estimate of drug-likeness (QED) is 0.452. The van der Waals surface area contributed by atoms with E-state index in [4.69, 9.17) is 0 Å². The number of nitrogens with zero attached hydrogens (tertiary/aromatic N) is 1. The summed E-state index contributed by atoms with van der Waals surface area (Å²) < 4.78 is 0. The molecule has 2 amide bonds. The Hall–Kier alpha value is -1.06. The highest BCUT2D eigenvalue weighted by molar-refractivity contribution is 5.73. The van der Waals surface area contributed by atoms with Gasteiger partial charge < -0.3 is 10.2 Å². The monoisotopic (exact) mass is 172 g/mol. The van der Waals surface area contributed by atoms with E-state index in [-0.39, 0.29) is 5.91 Å². The summed E-state index contributed by atoms with van der Waals surface area (Å²) in [6.45, 7) is 5.44. The molecule has 12 heavy (non-hydrogen) atoms. The molecule has 0 saturated carbocycles. The number of nitrogens with one attached hydrogen (secondary N) is 1. The van der Waals surface area contributed by atoms with Crippen LogP contribution in [0.2, 0.25) is 0 Å². The molecule has 0 fully saturated rings. The smallest absolute Gasteiger partial charge is 0.219 e. The lowest BCUT2D eigenvalue weighted by Crippen LogP contribution is -2.35. The van der Waals surface area contributed by atoms with E-state index in [1.165, 1.54) is 6.92 Å². The summed E-state index contributed by atoms with van der Waals surface area (Å²) in [5, 5.41) is 2.52. The Morgan fingerprint density at radius 3 is 2.58 bits per heavy atom. The minimum atomic E-state index is 0.0598. The molecule has 0 rings (SSSR count). The Morgan fingerprint density at radius 1 is 1.50 bits per heavy atom. The number of carbonyl (C=O) groups excluding carboxylic acids is 2. The van der Waals surface area contributed by atoms with Gasteiger partial charge in [0.2, 0.25) is 12.3 Å². The largest absolute Gasteiger partial charge is 0.357 e. The van der Waals surface area contributed by atoms with Crippen LogP contribution in [-0.4, -0.2) is 36.9 Å². The Morgan fingerprint density at radius 2 is 2.17 bits per heavy atom. The van der Waals surface area contributed by atoms with Crippen molar-refractivity contribution >= 4 is 12.3 Å². The Balaban J connectivity index is 3.63. The highest BCUT2D eigenvalue weighted by Gasteiger charge is 2.05. The third kappa shape index (κ3) is 4.71. The summed E-state index contributed by atoms with van der Waals surface area (Å²) in [6, 6.07) is 0. The van der Waals surface area contributed by atoms with Gasteiger partial charge >= 0.3 is 0 Å². The normalized spacial score (nSPS) is 9.17. The summed E-state index contributed by atoms with van der Waals surface area (Å²) >= 11 is 0. The minimum Gasteiger partial charge on any atom is -0.357 e. The topological polar surface area (TPSA) is 49.4 Å². The summed E-state index contributed by atoms with van der Waals surface area (Å²) in [7, 11) is 0. The molecule has 0 unspecified atom stereocenters. The van der Waals surface area contributed by atoms with Crippen molar-refractivity contribution < 1.29 is 9.59 Å².